The molecule has 0 aliphatic rings. The molecule has 35 heavy (non-hydrogen) atoms. The van der Waals surface area contributed by atoms with Gasteiger partial charge in [-0.1, -0.05) is 12.1 Å². The first kappa shape index (κ1) is 24.0. The number of carboxylic acids is 1. The molecule has 178 valence electrons. The Labute approximate surface area is 198 Å². The molecular weight excluding hydrogens is 491 g/mol. The number of azo groups is 1. The van der Waals surface area contributed by atoms with Crippen molar-refractivity contribution in [3.8, 4) is 11.3 Å². The molecule has 1 heterocycles. The zero-order valence-corrected chi connectivity index (χ0v) is 18.2. The third-order valence-electron chi connectivity index (χ3n) is 4.62. The fourth-order valence-electron chi connectivity index (χ4n) is 2.97. The highest BCUT2D eigenvalue weighted by atomic mass is 32.1. The second-order valence-electron chi connectivity index (χ2n) is 7.08. The molecule has 0 saturated heterocycles. The Kier molecular flexibility index (Phi) is 6.56. The van der Waals surface area contributed by atoms with Gasteiger partial charge >= 0.3 is 12.1 Å². The quantitative estimate of drug-likeness (QED) is 0.206. The summed E-state index contributed by atoms with van der Waals surface area (Å²) in [6.07, 6.45) is -4.51. The van der Waals surface area contributed by atoms with Crippen LogP contribution in [0.25, 0.3) is 11.3 Å². The van der Waals surface area contributed by atoms with E-state index in [4.69, 9.17) is 5.11 Å². The molecule has 4 aromatic rings. The number of hydrogen-bond acceptors (Lipinski definition) is 6. The number of alkyl halides is 3. The maximum atomic E-state index is 14.5. The number of aromatic carboxylic acids is 1. The second-order valence-corrected chi connectivity index (χ2v) is 7.94. The number of rotatable bonds is 6. The molecule has 2 N–H and O–H groups in total. The Morgan fingerprint density at radius 2 is 1.74 bits per heavy atom. The van der Waals surface area contributed by atoms with Gasteiger partial charge in [-0.15, -0.1) is 16.5 Å². The van der Waals surface area contributed by atoms with Crippen molar-refractivity contribution in [1.82, 2.24) is 4.98 Å². The van der Waals surface area contributed by atoms with Gasteiger partial charge in [-0.25, -0.2) is 18.6 Å². The smallest absolute Gasteiger partial charge is 0.416 e. The number of nitrogens with one attached hydrogen (secondary N) is 1. The van der Waals surface area contributed by atoms with E-state index in [0.717, 1.165) is 29.5 Å². The summed E-state index contributed by atoms with van der Waals surface area (Å²) < 4.78 is 67.5. The van der Waals surface area contributed by atoms with Crippen LogP contribution in [0.3, 0.4) is 0 Å². The molecule has 0 unspecified atom stereocenters. The minimum Gasteiger partial charge on any atom is -0.478 e. The van der Waals surface area contributed by atoms with Crippen LogP contribution in [0, 0.1) is 11.6 Å². The maximum absolute atomic E-state index is 14.5. The number of halogens is 5. The lowest BCUT2D eigenvalue weighted by Crippen LogP contribution is -2.05. The van der Waals surface area contributed by atoms with E-state index in [1.165, 1.54) is 41.8 Å². The number of aromatic nitrogens is 1. The van der Waals surface area contributed by atoms with Crippen LogP contribution in [0.4, 0.5) is 44.1 Å². The summed E-state index contributed by atoms with van der Waals surface area (Å²) in [5, 5.41) is 21.0. The Morgan fingerprint density at radius 3 is 2.49 bits per heavy atom. The summed E-state index contributed by atoms with van der Waals surface area (Å²) in [5.74, 6) is -3.09. The summed E-state index contributed by atoms with van der Waals surface area (Å²) in [4.78, 5) is 15.2. The largest absolute Gasteiger partial charge is 0.478 e. The highest BCUT2D eigenvalue weighted by Crippen LogP contribution is 2.35. The van der Waals surface area contributed by atoms with Crippen LogP contribution in [0.1, 0.15) is 15.9 Å². The lowest BCUT2D eigenvalue weighted by molar-refractivity contribution is -0.137. The lowest BCUT2D eigenvalue weighted by atomic mass is 10.1. The summed E-state index contributed by atoms with van der Waals surface area (Å²) in [6, 6.07) is 11.7. The Balaban J connectivity index is 1.59. The fraction of sp³-hybridized carbons (Fsp3) is 0.0435. The molecule has 0 aliphatic heterocycles. The van der Waals surface area contributed by atoms with Gasteiger partial charge in [0.1, 0.15) is 11.5 Å². The number of nitrogens with zero attached hydrogens (tertiary/aromatic N) is 3. The molecule has 0 radical (unpaired) electrons. The molecule has 3 aromatic carbocycles. The van der Waals surface area contributed by atoms with Crippen molar-refractivity contribution in [3.63, 3.8) is 0 Å². The number of carboxylic acid groups (broad SMARTS) is 1. The molecular formula is C23H13F5N4O2S. The van der Waals surface area contributed by atoms with Crippen molar-refractivity contribution < 1.29 is 31.9 Å². The molecule has 0 amide bonds. The van der Waals surface area contributed by atoms with Gasteiger partial charge in [-0.3, -0.25) is 0 Å². The average Bonchev–Trinajstić information content (AvgIpc) is 3.26. The van der Waals surface area contributed by atoms with Gasteiger partial charge in [0.15, 0.2) is 10.9 Å². The van der Waals surface area contributed by atoms with E-state index in [1.54, 1.807) is 0 Å². The maximum Gasteiger partial charge on any atom is 0.416 e. The van der Waals surface area contributed by atoms with E-state index >= 15 is 0 Å². The summed E-state index contributed by atoms with van der Waals surface area (Å²) in [7, 11) is 0. The molecule has 6 nitrogen and oxygen atoms in total. The van der Waals surface area contributed by atoms with E-state index in [0.29, 0.717) is 6.07 Å². The Bertz CT molecular complexity index is 1440. The van der Waals surface area contributed by atoms with Crippen LogP contribution in [0.2, 0.25) is 0 Å². The molecule has 0 spiro atoms. The van der Waals surface area contributed by atoms with Crippen LogP contribution < -0.4 is 5.32 Å². The van der Waals surface area contributed by atoms with Gasteiger partial charge in [-0.05, 0) is 42.5 Å². The first-order valence-electron chi connectivity index (χ1n) is 9.74. The van der Waals surface area contributed by atoms with Gasteiger partial charge in [0.05, 0.1) is 22.5 Å². The van der Waals surface area contributed by atoms with Crippen LogP contribution in [0.5, 0.6) is 0 Å². The van der Waals surface area contributed by atoms with Gasteiger partial charge in [-0.2, -0.15) is 18.3 Å². The number of carbonyl (C=O) groups is 1. The first-order valence-corrected chi connectivity index (χ1v) is 10.6. The standard InChI is InChI=1S/C23H13F5N4O2S/c24-17-10-18(25)19(32-31-15-6-1-3-12(7-15)21(33)34)9-16(17)20-11-35-22(30-20)29-14-5-2-4-13(8-14)23(26,27)28/h1-11H,(H,29,30)(H,33,34)/b32-31+. The Hall–Kier alpha value is -4.19. The summed E-state index contributed by atoms with van der Waals surface area (Å²) >= 11 is 1.01. The highest BCUT2D eigenvalue weighted by molar-refractivity contribution is 7.14. The van der Waals surface area contributed by atoms with Crippen LogP contribution in [-0.2, 0) is 6.18 Å². The van der Waals surface area contributed by atoms with Gasteiger partial charge in [0, 0.05) is 22.7 Å². The predicted octanol–water partition coefficient (Wildman–Crippen LogP) is 7.96. The number of thiazole rings is 1. The van der Waals surface area contributed by atoms with Gasteiger partial charge in [0.25, 0.3) is 0 Å². The van der Waals surface area contributed by atoms with E-state index in [1.807, 2.05) is 0 Å². The molecule has 0 bridgehead atoms. The van der Waals surface area contributed by atoms with Crippen LogP contribution >= 0.6 is 11.3 Å². The number of hydrogen-bond donors (Lipinski definition) is 2. The zero-order valence-electron chi connectivity index (χ0n) is 17.3. The summed E-state index contributed by atoms with van der Waals surface area (Å²) in [5.41, 5.74) is -0.908. The normalized spacial score (nSPS) is 11.7. The summed E-state index contributed by atoms with van der Waals surface area (Å²) in [6.45, 7) is 0. The van der Waals surface area contributed by atoms with Gasteiger partial charge in [0.2, 0.25) is 0 Å². The van der Waals surface area contributed by atoms with Crippen molar-refractivity contribution in [2.75, 3.05) is 5.32 Å². The topological polar surface area (TPSA) is 86.9 Å². The van der Waals surface area contributed by atoms with Crippen molar-refractivity contribution in [2.24, 2.45) is 10.2 Å². The minimum absolute atomic E-state index is 0.0370. The lowest BCUT2D eigenvalue weighted by Gasteiger charge is -2.09. The second kappa shape index (κ2) is 9.58. The third-order valence-corrected chi connectivity index (χ3v) is 5.38. The fourth-order valence-corrected chi connectivity index (χ4v) is 3.71. The van der Waals surface area contributed by atoms with E-state index < -0.39 is 29.3 Å². The van der Waals surface area contributed by atoms with E-state index in [2.05, 4.69) is 20.5 Å². The van der Waals surface area contributed by atoms with Crippen molar-refractivity contribution >= 4 is 39.5 Å². The highest BCUT2D eigenvalue weighted by Gasteiger charge is 2.30. The molecule has 4 rings (SSSR count). The number of benzene rings is 3. The molecule has 12 heteroatoms. The minimum atomic E-state index is -4.51. The van der Waals surface area contributed by atoms with Crippen molar-refractivity contribution in [1.29, 1.82) is 0 Å². The van der Waals surface area contributed by atoms with Crippen LogP contribution in [-0.4, -0.2) is 16.1 Å². The molecule has 0 saturated carbocycles. The SMILES string of the molecule is O=C(O)c1cccc(/N=N/c2cc(-c3csc(Nc4cccc(C(F)(F)F)c4)n3)c(F)cc2F)c1. The Morgan fingerprint density at radius 1 is 0.971 bits per heavy atom. The monoisotopic (exact) mass is 504 g/mol. The van der Waals surface area contributed by atoms with Crippen LogP contribution in [0.15, 0.2) is 76.3 Å². The molecule has 0 fully saturated rings. The van der Waals surface area contributed by atoms with Gasteiger partial charge < -0.3 is 10.4 Å². The molecule has 0 aliphatic carbocycles. The zero-order chi connectivity index (χ0) is 25.2. The predicted molar refractivity (Wildman–Crippen MR) is 120 cm³/mol. The average molecular weight is 504 g/mol. The molecule has 0 atom stereocenters. The van der Waals surface area contributed by atoms with E-state index in [-0.39, 0.29) is 39.0 Å². The number of anilines is 2. The van der Waals surface area contributed by atoms with Crippen molar-refractivity contribution in [2.45, 2.75) is 6.18 Å². The molecule has 1 aromatic heterocycles. The first-order chi connectivity index (χ1) is 16.6. The van der Waals surface area contributed by atoms with Crippen molar-refractivity contribution in [3.05, 3.63) is 88.8 Å². The van der Waals surface area contributed by atoms with E-state index in [9.17, 15) is 26.7 Å². The third kappa shape index (κ3) is 5.66.